The third-order valence-electron chi connectivity index (χ3n) is 8.08. The monoisotopic (exact) mass is 558 g/mol. The van der Waals surface area contributed by atoms with Gasteiger partial charge in [-0.3, -0.25) is 14.0 Å². The summed E-state index contributed by atoms with van der Waals surface area (Å²) in [5.41, 5.74) is 5.42. The van der Waals surface area contributed by atoms with Crippen molar-refractivity contribution in [2.24, 2.45) is 0 Å². The van der Waals surface area contributed by atoms with Gasteiger partial charge >= 0.3 is 0 Å². The number of halogens is 1. The number of amides is 1. The summed E-state index contributed by atoms with van der Waals surface area (Å²) in [7, 11) is 0. The Balaban J connectivity index is 1.34. The van der Waals surface area contributed by atoms with Gasteiger partial charge in [0.1, 0.15) is 11.3 Å². The van der Waals surface area contributed by atoms with Crippen LogP contribution in [0.2, 0.25) is 5.02 Å². The van der Waals surface area contributed by atoms with Crippen LogP contribution < -0.4 is 5.56 Å². The van der Waals surface area contributed by atoms with Crippen molar-refractivity contribution in [1.29, 1.82) is 0 Å². The number of hydrogen-bond donors (Lipinski definition) is 1. The second-order valence-corrected chi connectivity index (χ2v) is 11.8. The van der Waals surface area contributed by atoms with Crippen molar-refractivity contribution in [3.05, 3.63) is 102 Å². The molecule has 3 aromatic heterocycles. The number of H-pyrrole nitrogens is 1. The van der Waals surface area contributed by atoms with E-state index < -0.39 is 0 Å². The zero-order chi connectivity index (χ0) is 26.7. The summed E-state index contributed by atoms with van der Waals surface area (Å²) in [5, 5.41) is 2.76. The van der Waals surface area contributed by atoms with Gasteiger partial charge in [0.15, 0.2) is 0 Å². The fourth-order valence-electron chi connectivity index (χ4n) is 6.11. The van der Waals surface area contributed by atoms with E-state index in [4.69, 9.17) is 16.3 Å². The van der Waals surface area contributed by atoms with Crippen LogP contribution in [0.4, 0.5) is 0 Å². The first-order valence-corrected chi connectivity index (χ1v) is 14.5. The predicted molar refractivity (Wildman–Crippen MR) is 153 cm³/mol. The van der Waals surface area contributed by atoms with Gasteiger partial charge in [-0.2, -0.15) is 0 Å². The summed E-state index contributed by atoms with van der Waals surface area (Å²) in [5.74, 6) is 1.05. The lowest BCUT2D eigenvalue weighted by molar-refractivity contribution is 0.0695. The number of imidazole rings is 1. The molecule has 1 fully saturated rings. The van der Waals surface area contributed by atoms with Crippen LogP contribution in [-0.4, -0.2) is 44.9 Å². The highest BCUT2D eigenvalue weighted by Crippen LogP contribution is 2.39. The van der Waals surface area contributed by atoms with Crippen molar-refractivity contribution in [1.82, 2.24) is 19.3 Å². The molecule has 198 valence electrons. The Hall–Kier alpha value is -3.46. The smallest absolute Gasteiger partial charge is 0.274 e. The molecule has 5 aromatic rings. The summed E-state index contributed by atoms with van der Waals surface area (Å²) in [6.45, 7) is 3.96. The number of benzene rings is 2. The SMILES string of the molecule is Cc1cc2c(cc1C(=O)N1CCc3sccc3C1c1ccc(Cl)cc1)[nH]c(=O)c1cnc(C3CCOCC3)n12. The molecule has 0 saturated carbocycles. The first kappa shape index (κ1) is 24.6. The number of rotatable bonds is 3. The lowest BCUT2D eigenvalue weighted by Gasteiger charge is -2.36. The molecule has 2 aliphatic heterocycles. The van der Waals surface area contributed by atoms with Crippen molar-refractivity contribution in [3.63, 3.8) is 0 Å². The van der Waals surface area contributed by atoms with Crippen LogP contribution in [0.15, 0.2) is 58.8 Å². The highest BCUT2D eigenvalue weighted by molar-refractivity contribution is 7.10. The van der Waals surface area contributed by atoms with E-state index in [2.05, 4.69) is 21.4 Å². The number of carbonyl (C=O) groups excluding carboxylic acids is 1. The van der Waals surface area contributed by atoms with E-state index in [0.717, 1.165) is 47.3 Å². The van der Waals surface area contributed by atoms with E-state index in [9.17, 15) is 9.59 Å². The summed E-state index contributed by atoms with van der Waals surface area (Å²) >= 11 is 7.93. The molecular weight excluding hydrogens is 532 g/mol. The molecule has 1 saturated heterocycles. The number of aromatic amines is 1. The maximum atomic E-state index is 14.2. The Morgan fingerprint density at radius 2 is 1.92 bits per heavy atom. The number of hydrogen-bond acceptors (Lipinski definition) is 5. The summed E-state index contributed by atoms with van der Waals surface area (Å²) < 4.78 is 7.52. The van der Waals surface area contributed by atoms with Crippen molar-refractivity contribution >= 4 is 45.4 Å². The minimum absolute atomic E-state index is 0.0533. The molecular formula is C30H27ClN4O3S. The molecule has 5 heterocycles. The van der Waals surface area contributed by atoms with E-state index in [0.29, 0.717) is 41.4 Å². The van der Waals surface area contributed by atoms with E-state index in [1.807, 2.05) is 52.6 Å². The number of fused-ring (bicyclic) bond motifs is 4. The van der Waals surface area contributed by atoms with E-state index in [1.54, 1.807) is 17.5 Å². The molecule has 39 heavy (non-hydrogen) atoms. The number of aromatic nitrogens is 3. The highest BCUT2D eigenvalue weighted by Gasteiger charge is 2.34. The van der Waals surface area contributed by atoms with Crippen molar-refractivity contribution in [3.8, 4) is 0 Å². The standard InChI is InChI=1S/C30H27ClN4O3S/c1-17-14-24-23(33-29(36)25-16-32-28(35(24)25)19-7-11-38-12-8-19)15-22(17)30(37)34-10-6-26-21(9-13-39-26)27(34)18-2-4-20(31)5-3-18/h2-5,9,13-16,19,27H,6-8,10-12H2,1H3,(H,33,36). The lowest BCUT2D eigenvalue weighted by atomic mass is 9.92. The molecule has 2 aromatic carbocycles. The van der Waals surface area contributed by atoms with E-state index >= 15 is 0 Å². The molecule has 0 aliphatic carbocycles. The van der Waals surface area contributed by atoms with Gasteiger partial charge in [-0.05, 0) is 78.6 Å². The van der Waals surface area contributed by atoms with Crippen molar-refractivity contribution in [2.45, 2.75) is 38.1 Å². The molecule has 9 heteroatoms. The van der Waals surface area contributed by atoms with Crippen LogP contribution >= 0.6 is 22.9 Å². The first-order valence-electron chi connectivity index (χ1n) is 13.2. The molecule has 7 nitrogen and oxygen atoms in total. The van der Waals surface area contributed by atoms with Gasteiger partial charge in [-0.15, -0.1) is 11.3 Å². The molecule has 2 aliphatic rings. The van der Waals surface area contributed by atoms with Crippen LogP contribution in [0, 0.1) is 6.92 Å². The average Bonchev–Trinajstić information content (AvgIpc) is 3.62. The molecule has 0 bridgehead atoms. The summed E-state index contributed by atoms with van der Waals surface area (Å²) in [6.07, 6.45) is 4.21. The van der Waals surface area contributed by atoms with Crippen LogP contribution in [0.3, 0.4) is 0 Å². The summed E-state index contributed by atoms with van der Waals surface area (Å²) in [6, 6.07) is 13.5. The Kier molecular flexibility index (Phi) is 6.06. The van der Waals surface area contributed by atoms with Crippen molar-refractivity contribution < 1.29 is 9.53 Å². The molecule has 0 radical (unpaired) electrons. The Morgan fingerprint density at radius 3 is 2.72 bits per heavy atom. The first-order chi connectivity index (χ1) is 19.0. The van der Waals surface area contributed by atoms with Gasteiger partial charge in [-0.1, -0.05) is 23.7 Å². The number of nitrogens with zero attached hydrogens (tertiary/aromatic N) is 3. The largest absolute Gasteiger partial charge is 0.381 e. The molecule has 1 N–H and O–H groups in total. The number of ether oxygens (including phenoxy) is 1. The third kappa shape index (κ3) is 4.09. The van der Waals surface area contributed by atoms with Gasteiger partial charge in [0.2, 0.25) is 0 Å². The minimum Gasteiger partial charge on any atom is -0.381 e. The normalized spacial score (nSPS) is 18.1. The van der Waals surface area contributed by atoms with E-state index in [1.165, 1.54) is 4.88 Å². The number of thiophene rings is 1. The number of carbonyl (C=O) groups is 1. The van der Waals surface area contributed by atoms with Crippen LogP contribution in [0.25, 0.3) is 16.6 Å². The van der Waals surface area contributed by atoms with Gasteiger partial charge in [-0.25, -0.2) is 4.98 Å². The number of aryl methyl sites for hydroxylation is 1. The zero-order valence-corrected chi connectivity index (χ0v) is 23.0. The number of nitrogens with one attached hydrogen (secondary N) is 1. The quantitative estimate of drug-likeness (QED) is 0.300. The Bertz CT molecular complexity index is 1780. The predicted octanol–water partition coefficient (Wildman–Crippen LogP) is 5.88. The lowest BCUT2D eigenvalue weighted by Crippen LogP contribution is -2.40. The average molecular weight is 559 g/mol. The second kappa shape index (κ2) is 9.62. The topological polar surface area (TPSA) is 79.7 Å². The molecule has 1 amide bonds. The molecule has 0 spiro atoms. The van der Waals surface area contributed by atoms with Crippen LogP contribution in [-0.2, 0) is 11.2 Å². The Morgan fingerprint density at radius 1 is 1.13 bits per heavy atom. The second-order valence-electron chi connectivity index (χ2n) is 10.4. The molecule has 1 atom stereocenters. The maximum absolute atomic E-state index is 14.2. The molecule has 7 rings (SSSR count). The van der Waals surface area contributed by atoms with Crippen molar-refractivity contribution in [2.75, 3.05) is 19.8 Å². The van der Waals surface area contributed by atoms with Gasteiger partial charge in [0.25, 0.3) is 11.5 Å². The fraction of sp³-hybridized carbons (Fsp3) is 0.300. The Labute approximate surface area is 234 Å². The van der Waals surface area contributed by atoms with Gasteiger partial charge in [0.05, 0.1) is 23.3 Å². The summed E-state index contributed by atoms with van der Waals surface area (Å²) in [4.78, 5) is 38.3. The zero-order valence-electron chi connectivity index (χ0n) is 21.4. The third-order valence-corrected chi connectivity index (χ3v) is 9.33. The minimum atomic E-state index is -0.213. The van der Waals surface area contributed by atoms with Gasteiger partial charge in [0, 0.05) is 41.1 Å². The molecule has 1 unspecified atom stereocenters. The maximum Gasteiger partial charge on any atom is 0.274 e. The van der Waals surface area contributed by atoms with Crippen LogP contribution in [0.1, 0.15) is 62.6 Å². The highest BCUT2D eigenvalue weighted by atomic mass is 35.5. The van der Waals surface area contributed by atoms with Gasteiger partial charge < -0.3 is 14.6 Å². The van der Waals surface area contributed by atoms with E-state index in [-0.39, 0.29) is 23.4 Å². The van der Waals surface area contributed by atoms with Crippen LogP contribution in [0.5, 0.6) is 0 Å². The fourth-order valence-corrected chi connectivity index (χ4v) is 7.14.